The summed E-state index contributed by atoms with van der Waals surface area (Å²) in [5, 5.41) is 0. The van der Waals surface area contributed by atoms with Crippen molar-refractivity contribution in [1.29, 1.82) is 0 Å². The van der Waals surface area contributed by atoms with Crippen LogP contribution < -0.4 is 0 Å². The molecule has 0 spiro atoms. The molecule has 0 saturated carbocycles. The quantitative estimate of drug-likeness (QED) is 0.681. The highest BCUT2D eigenvalue weighted by molar-refractivity contribution is 5.63. The van der Waals surface area contributed by atoms with E-state index in [0.29, 0.717) is 5.92 Å². The second kappa shape index (κ2) is 6.78. The highest BCUT2D eigenvalue weighted by Gasteiger charge is 2.22. The Morgan fingerprint density at radius 2 is 2.20 bits per heavy atom. The number of aliphatic imine (C=N–C) groups is 1. The fourth-order valence-electron chi connectivity index (χ4n) is 2.22. The summed E-state index contributed by atoms with van der Waals surface area (Å²) in [4.78, 5) is 6.79. The molecular weight excluding hydrogens is 184 g/mol. The number of rotatable bonds is 2. The molecule has 2 aliphatic heterocycles. The Balaban J connectivity index is 0.000000531. The molecule has 0 aliphatic carbocycles. The van der Waals surface area contributed by atoms with Crippen molar-refractivity contribution in [2.45, 2.75) is 46.1 Å². The first-order valence-electron chi connectivity index (χ1n) is 6.28. The Kier molecular flexibility index (Phi) is 5.62. The molecule has 0 amide bonds. The third-order valence-electron chi connectivity index (χ3n) is 3.09. The fraction of sp³-hybridized carbons (Fsp3) is 0.769. The third-order valence-corrected chi connectivity index (χ3v) is 3.09. The van der Waals surface area contributed by atoms with E-state index in [0.717, 1.165) is 6.04 Å². The van der Waals surface area contributed by atoms with Crippen LogP contribution in [-0.4, -0.2) is 30.2 Å². The largest absolute Gasteiger partial charge is 0.300 e. The molecular formula is C13H24N2. The van der Waals surface area contributed by atoms with Gasteiger partial charge in [0.2, 0.25) is 0 Å². The Hall–Kier alpha value is -0.630. The molecule has 86 valence electrons. The van der Waals surface area contributed by atoms with E-state index in [1.54, 1.807) is 0 Å². The average molecular weight is 208 g/mol. The standard InChI is InChI=1S/C11H18N2.C2H6/c1-10-4-3-7-13(10)9-11-5-2-6-12-8-11;1-2/h2,6,8,10-11H,3-5,7,9H2,1H3;1-2H3. The number of allylic oxidation sites excluding steroid dienone is 1. The molecule has 0 radical (unpaired) electrons. The van der Waals surface area contributed by atoms with Crippen molar-refractivity contribution in [3.05, 3.63) is 12.3 Å². The zero-order valence-electron chi connectivity index (χ0n) is 10.3. The van der Waals surface area contributed by atoms with Crippen LogP contribution in [0.15, 0.2) is 17.3 Å². The molecule has 2 rings (SSSR count). The predicted octanol–water partition coefficient (Wildman–Crippen LogP) is 3.10. The molecule has 2 nitrogen and oxygen atoms in total. The molecule has 1 saturated heterocycles. The van der Waals surface area contributed by atoms with E-state index in [4.69, 9.17) is 0 Å². The summed E-state index contributed by atoms with van der Waals surface area (Å²) in [6, 6.07) is 0.791. The van der Waals surface area contributed by atoms with Crippen LogP contribution in [0.25, 0.3) is 0 Å². The van der Waals surface area contributed by atoms with Gasteiger partial charge in [0.1, 0.15) is 0 Å². The van der Waals surface area contributed by atoms with E-state index >= 15 is 0 Å². The summed E-state index contributed by atoms with van der Waals surface area (Å²) in [7, 11) is 0. The van der Waals surface area contributed by atoms with Crippen LogP contribution in [0.2, 0.25) is 0 Å². The van der Waals surface area contributed by atoms with E-state index in [1.165, 1.54) is 32.4 Å². The molecule has 2 heteroatoms. The van der Waals surface area contributed by atoms with Crippen molar-refractivity contribution < 1.29 is 0 Å². The van der Waals surface area contributed by atoms with Crippen molar-refractivity contribution >= 4 is 6.21 Å². The molecule has 2 atom stereocenters. The Morgan fingerprint density at radius 1 is 1.40 bits per heavy atom. The van der Waals surface area contributed by atoms with Crippen LogP contribution in [0.5, 0.6) is 0 Å². The minimum atomic E-state index is 0.658. The van der Waals surface area contributed by atoms with E-state index in [-0.39, 0.29) is 0 Å². The van der Waals surface area contributed by atoms with Gasteiger partial charge in [-0.3, -0.25) is 4.99 Å². The first-order chi connectivity index (χ1) is 7.36. The van der Waals surface area contributed by atoms with Crippen LogP contribution in [0, 0.1) is 5.92 Å². The zero-order valence-corrected chi connectivity index (χ0v) is 10.3. The Morgan fingerprint density at radius 3 is 2.73 bits per heavy atom. The molecule has 0 N–H and O–H groups in total. The van der Waals surface area contributed by atoms with Gasteiger partial charge in [-0.2, -0.15) is 0 Å². The lowest BCUT2D eigenvalue weighted by molar-refractivity contribution is 0.250. The summed E-state index contributed by atoms with van der Waals surface area (Å²) in [5.74, 6) is 0.658. The topological polar surface area (TPSA) is 15.6 Å². The van der Waals surface area contributed by atoms with Gasteiger partial charge in [0.15, 0.2) is 0 Å². The lowest BCUT2D eigenvalue weighted by Crippen LogP contribution is -2.32. The number of nitrogens with zero attached hydrogens (tertiary/aromatic N) is 2. The number of likely N-dealkylation sites (tertiary alicyclic amines) is 1. The minimum absolute atomic E-state index is 0.658. The monoisotopic (exact) mass is 208 g/mol. The van der Waals surface area contributed by atoms with Crippen molar-refractivity contribution in [2.75, 3.05) is 13.1 Å². The van der Waals surface area contributed by atoms with Crippen molar-refractivity contribution in [2.24, 2.45) is 10.9 Å². The number of hydrogen-bond donors (Lipinski definition) is 0. The molecule has 2 aliphatic rings. The van der Waals surface area contributed by atoms with E-state index in [1.807, 2.05) is 20.0 Å². The average Bonchev–Trinajstić information content (AvgIpc) is 2.69. The first kappa shape index (κ1) is 12.4. The molecule has 1 fully saturated rings. The van der Waals surface area contributed by atoms with Crippen LogP contribution >= 0.6 is 0 Å². The molecule has 15 heavy (non-hydrogen) atoms. The SMILES string of the molecule is CC.CC1CCCN1CC1C=NC=CC1. The van der Waals surface area contributed by atoms with Crippen molar-refractivity contribution in [3.8, 4) is 0 Å². The Labute approximate surface area is 94.1 Å². The van der Waals surface area contributed by atoms with Crippen molar-refractivity contribution in [3.63, 3.8) is 0 Å². The van der Waals surface area contributed by atoms with E-state index in [9.17, 15) is 0 Å². The summed E-state index contributed by atoms with van der Waals surface area (Å²) in [6.07, 6.45) is 10.1. The number of hydrogen-bond acceptors (Lipinski definition) is 2. The van der Waals surface area contributed by atoms with Gasteiger partial charge in [0, 0.05) is 30.9 Å². The zero-order chi connectivity index (χ0) is 11.1. The van der Waals surface area contributed by atoms with Gasteiger partial charge in [0.25, 0.3) is 0 Å². The summed E-state index contributed by atoms with van der Waals surface area (Å²) >= 11 is 0. The summed E-state index contributed by atoms with van der Waals surface area (Å²) in [5.41, 5.74) is 0. The predicted molar refractivity (Wildman–Crippen MR) is 67.4 cm³/mol. The van der Waals surface area contributed by atoms with Crippen LogP contribution in [0.3, 0.4) is 0 Å². The highest BCUT2D eigenvalue weighted by Crippen LogP contribution is 2.19. The summed E-state index contributed by atoms with van der Waals surface area (Å²) < 4.78 is 0. The van der Waals surface area contributed by atoms with Gasteiger partial charge >= 0.3 is 0 Å². The highest BCUT2D eigenvalue weighted by atomic mass is 15.2. The van der Waals surface area contributed by atoms with Gasteiger partial charge in [0.05, 0.1) is 0 Å². The minimum Gasteiger partial charge on any atom is -0.300 e. The van der Waals surface area contributed by atoms with Crippen LogP contribution in [-0.2, 0) is 0 Å². The van der Waals surface area contributed by atoms with Gasteiger partial charge < -0.3 is 4.90 Å². The molecule has 2 unspecified atom stereocenters. The molecule has 0 bridgehead atoms. The Bertz CT molecular complexity index is 221. The first-order valence-corrected chi connectivity index (χ1v) is 6.28. The molecule has 0 aromatic carbocycles. The van der Waals surface area contributed by atoms with Gasteiger partial charge in [-0.15, -0.1) is 0 Å². The molecule has 2 heterocycles. The normalized spacial score (nSPS) is 30.1. The lowest BCUT2D eigenvalue weighted by Gasteiger charge is -2.24. The third kappa shape index (κ3) is 3.78. The van der Waals surface area contributed by atoms with Crippen molar-refractivity contribution in [1.82, 2.24) is 4.90 Å². The van der Waals surface area contributed by atoms with E-state index in [2.05, 4.69) is 29.1 Å². The fourth-order valence-corrected chi connectivity index (χ4v) is 2.22. The second-order valence-electron chi connectivity index (χ2n) is 4.16. The maximum absolute atomic E-state index is 4.19. The van der Waals surface area contributed by atoms with Gasteiger partial charge in [-0.1, -0.05) is 19.9 Å². The summed E-state index contributed by atoms with van der Waals surface area (Å²) in [6.45, 7) is 8.83. The second-order valence-corrected chi connectivity index (χ2v) is 4.16. The van der Waals surface area contributed by atoms with Gasteiger partial charge in [-0.05, 0) is 32.7 Å². The van der Waals surface area contributed by atoms with Crippen LogP contribution in [0.4, 0.5) is 0 Å². The van der Waals surface area contributed by atoms with E-state index < -0.39 is 0 Å². The maximum Gasteiger partial charge on any atom is 0.0224 e. The lowest BCUT2D eigenvalue weighted by atomic mass is 10.0. The smallest absolute Gasteiger partial charge is 0.0224 e. The van der Waals surface area contributed by atoms with Crippen LogP contribution in [0.1, 0.15) is 40.0 Å². The molecule has 0 aromatic rings. The molecule has 0 aromatic heterocycles. The van der Waals surface area contributed by atoms with Gasteiger partial charge in [-0.25, -0.2) is 0 Å². The maximum atomic E-state index is 4.19.